The lowest BCUT2D eigenvalue weighted by Crippen LogP contribution is -2.52. The highest BCUT2D eigenvalue weighted by atomic mass is 15.2. The van der Waals surface area contributed by atoms with Gasteiger partial charge in [-0.05, 0) is 32.5 Å². The summed E-state index contributed by atoms with van der Waals surface area (Å²) in [5.41, 5.74) is 1.76. The van der Waals surface area contributed by atoms with E-state index in [0.29, 0.717) is 5.54 Å². The average Bonchev–Trinajstić information content (AvgIpc) is 2.41. The third kappa shape index (κ3) is 3.33. The zero-order valence-electron chi connectivity index (χ0n) is 11.8. The van der Waals surface area contributed by atoms with Crippen molar-refractivity contribution in [1.82, 2.24) is 10.2 Å². The molecule has 1 aromatic rings. The Labute approximate surface area is 111 Å². The van der Waals surface area contributed by atoms with E-state index in [1.54, 1.807) is 0 Å². The van der Waals surface area contributed by atoms with Gasteiger partial charge in [0.15, 0.2) is 0 Å². The summed E-state index contributed by atoms with van der Waals surface area (Å²) in [5, 5.41) is 3.65. The summed E-state index contributed by atoms with van der Waals surface area (Å²) in [4.78, 5) is 2.43. The van der Waals surface area contributed by atoms with Crippen LogP contribution < -0.4 is 5.32 Å². The Bertz CT molecular complexity index is 339. The molecule has 0 spiro atoms. The number of benzene rings is 1. The molecule has 1 saturated carbocycles. The van der Waals surface area contributed by atoms with Crippen LogP contribution in [0.4, 0.5) is 0 Å². The van der Waals surface area contributed by atoms with Crippen molar-refractivity contribution in [3.63, 3.8) is 0 Å². The molecule has 0 heterocycles. The zero-order chi connectivity index (χ0) is 12.8. The molecule has 0 bridgehead atoms. The van der Waals surface area contributed by atoms with Gasteiger partial charge >= 0.3 is 0 Å². The molecule has 0 aliphatic heterocycles. The number of nitrogens with zero attached hydrogens (tertiary/aromatic N) is 1. The Kier molecular flexibility index (Phi) is 4.79. The second kappa shape index (κ2) is 6.35. The van der Waals surface area contributed by atoms with E-state index in [0.717, 1.165) is 13.1 Å². The van der Waals surface area contributed by atoms with Crippen molar-refractivity contribution in [3.05, 3.63) is 35.9 Å². The predicted octanol–water partition coefficient (Wildman–Crippen LogP) is 3.04. The van der Waals surface area contributed by atoms with Crippen LogP contribution in [0.15, 0.2) is 30.3 Å². The van der Waals surface area contributed by atoms with Crippen molar-refractivity contribution in [2.45, 2.75) is 44.2 Å². The smallest absolute Gasteiger partial charge is 0.0328 e. The Hall–Kier alpha value is -0.860. The van der Waals surface area contributed by atoms with Crippen LogP contribution in [0, 0.1) is 0 Å². The van der Waals surface area contributed by atoms with Crippen LogP contribution in [0.1, 0.15) is 37.7 Å². The van der Waals surface area contributed by atoms with Gasteiger partial charge in [0.05, 0.1) is 0 Å². The molecule has 0 unspecified atom stereocenters. The summed E-state index contributed by atoms with van der Waals surface area (Å²) in [6.07, 6.45) is 6.84. The topological polar surface area (TPSA) is 15.3 Å². The van der Waals surface area contributed by atoms with Crippen molar-refractivity contribution < 1.29 is 0 Å². The summed E-state index contributed by atoms with van der Waals surface area (Å²) >= 11 is 0. The van der Waals surface area contributed by atoms with Gasteiger partial charge in [-0.3, -0.25) is 0 Å². The minimum atomic E-state index is 0.382. The Morgan fingerprint density at radius 2 is 1.72 bits per heavy atom. The van der Waals surface area contributed by atoms with Crippen LogP contribution in [0.2, 0.25) is 0 Å². The first kappa shape index (κ1) is 13.6. The fourth-order valence-corrected chi connectivity index (χ4v) is 3.03. The summed E-state index contributed by atoms with van der Waals surface area (Å²) in [6.45, 7) is 2.09. The third-order valence-corrected chi connectivity index (χ3v) is 4.36. The third-order valence-electron chi connectivity index (χ3n) is 4.36. The summed E-state index contributed by atoms with van der Waals surface area (Å²) in [7, 11) is 4.46. The average molecular weight is 246 g/mol. The van der Waals surface area contributed by atoms with E-state index in [1.165, 1.54) is 37.7 Å². The van der Waals surface area contributed by atoms with Crippen molar-refractivity contribution >= 4 is 0 Å². The van der Waals surface area contributed by atoms with Gasteiger partial charge in [0.25, 0.3) is 0 Å². The number of hydrogen-bond acceptors (Lipinski definition) is 2. The molecule has 100 valence electrons. The highest BCUT2D eigenvalue weighted by Crippen LogP contribution is 2.31. The molecular formula is C16H26N2. The van der Waals surface area contributed by atoms with Gasteiger partial charge in [-0.25, -0.2) is 0 Å². The molecule has 2 rings (SSSR count). The molecule has 0 aromatic heterocycles. The molecule has 0 amide bonds. The number of hydrogen-bond donors (Lipinski definition) is 1. The standard InChI is InChI=1S/C16H26N2/c1-18(2)16(11-7-4-8-12-16)14-17-13-15-9-5-3-6-10-15/h3,5-6,9-10,17H,4,7-8,11-14H2,1-2H3. The molecule has 1 aliphatic rings. The van der Waals surface area contributed by atoms with Gasteiger partial charge in [0.2, 0.25) is 0 Å². The van der Waals surface area contributed by atoms with Crippen LogP contribution >= 0.6 is 0 Å². The molecular weight excluding hydrogens is 220 g/mol. The number of rotatable bonds is 5. The lowest BCUT2D eigenvalue weighted by atomic mass is 9.80. The van der Waals surface area contributed by atoms with Crippen LogP contribution in [0.25, 0.3) is 0 Å². The zero-order valence-corrected chi connectivity index (χ0v) is 11.8. The Morgan fingerprint density at radius 3 is 2.33 bits per heavy atom. The molecule has 1 aromatic carbocycles. The normalized spacial score (nSPS) is 19.1. The van der Waals surface area contributed by atoms with Crippen molar-refractivity contribution in [2.75, 3.05) is 20.6 Å². The van der Waals surface area contributed by atoms with E-state index in [9.17, 15) is 0 Å². The highest BCUT2D eigenvalue weighted by molar-refractivity contribution is 5.14. The van der Waals surface area contributed by atoms with E-state index < -0.39 is 0 Å². The second-order valence-corrected chi connectivity index (χ2v) is 5.77. The van der Waals surface area contributed by atoms with Gasteiger partial charge < -0.3 is 10.2 Å². The monoisotopic (exact) mass is 246 g/mol. The first-order chi connectivity index (χ1) is 8.73. The quantitative estimate of drug-likeness (QED) is 0.859. The first-order valence-corrected chi connectivity index (χ1v) is 7.15. The fourth-order valence-electron chi connectivity index (χ4n) is 3.03. The molecule has 0 atom stereocenters. The maximum Gasteiger partial charge on any atom is 0.0328 e. The van der Waals surface area contributed by atoms with Crippen molar-refractivity contribution in [3.8, 4) is 0 Å². The first-order valence-electron chi connectivity index (χ1n) is 7.15. The van der Waals surface area contributed by atoms with Crippen LogP contribution in [0.5, 0.6) is 0 Å². The van der Waals surface area contributed by atoms with Crippen LogP contribution in [-0.4, -0.2) is 31.1 Å². The molecule has 2 nitrogen and oxygen atoms in total. The maximum absolute atomic E-state index is 3.65. The van der Waals surface area contributed by atoms with Gasteiger partial charge in [-0.1, -0.05) is 49.6 Å². The molecule has 1 aliphatic carbocycles. The van der Waals surface area contributed by atoms with E-state index in [2.05, 4.69) is 54.6 Å². The van der Waals surface area contributed by atoms with Crippen LogP contribution in [-0.2, 0) is 6.54 Å². The molecule has 0 radical (unpaired) electrons. The van der Waals surface area contributed by atoms with Crippen LogP contribution in [0.3, 0.4) is 0 Å². The maximum atomic E-state index is 3.65. The molecule has 18 heavy (non-hydrogen) atoms. The van der Waals surface area contributed by atoms with E-state index in [4.69, 9.17) is 0 Å². The molecule has 1 N–H and O–H groups in total. The van der Waals surface area contributed by atoms with E-state index >= 15 is 0 Å². The summed E-state index contributed by atoms with van der Waals surface area (Å²) in [5.74, 6) is 0. The minimum Gasteiger partial charge on any atom is -0.311 e. The van der Waals surface area contributed by atoms with E-state index in [-0.39, 0.29) is 0 Å². The fraction of sp³-hybridized carbons (Fsp3) is 0.625. The van der Waals surface area contributed by atoms with Crippen molar-refractivity contribution in [2.24, 2.45) is 0 Å². The summed E-state index contributed by atoms with van der Waals surface area (Å²) in [6, 6.07) is 10.7. The molecule has 0 saturated heterocycles. The van der Waals surface area contributed by atoms with Gasteiger partial charge in [-0.15, -0.1) is 0 Å². The number of nitrogens with one attached hydrogen (secondary N) is 1. The molecule has 1 fully saturated rings. The Balaban J connectivity index is 1.86. The van der Waals surface area contributed by atoms with Gasteiger partial charge in [-0.2, -0.15) is 0 Å². The second-order valence-electron chi connectivity index (χ2n) is 5.77. The van der Waals surface area contributed by atoms with Crippen molar-refractivity contribution in [1.29, 1.82) is 0 Å². The number of likely N-dealkylation sites (N-methyl/N-ethyl adjacent to an activating group) is 1. The largest absolute Gasteiger partial charge is 0.311 e. The Morgan fingerprint density at radius 1 is 1.06 bits per heavy atom. The minimum absolute atomic E-state index is 0.382. The SMILES string of the molecule is CN(C)C1(CNCc2ccccc2)CCCCC1. The van der Waals surface area contributed by atoms with E-state index in [1.807, 2.05) is 0 Å². The lowest BCUT2D eigenvalue weighted by Gasteiger charge is -2.43. The van der Waals surface area contributed by atoms with Gasteiger partial charge in [0, 0.05) is 18.6 Å². The predicted molar refractivity (Wildman–Crippen MR) is 77.7 cm³/mol. The van der Waals surface area contributed by atoms with Gasteiger partial charge in [0.1, 0.15) is 0 Å². The summed E-state index contributed by atoms with van der Waals surface area (Å²) < 4.78 is 0. The highest BCUT2D eigenvalue weighted by Gasteiger charge is 2.33. The molecule has 2 heteroatoms. The lowest BCUT2D eigenvalue weighted by molar-refractivity contribution is 0.0984.